The molecule has 2 aliphatic rings. The lowest BCUT2D eigenvalue weighted by molar-refractivity contribution is 0.104. The zero-order valence-electron chi connectivity index (χ0n) is 13.3. The van der Waals surface area contributed by atoms with Gasteiger partial charge in [-0.3, -0.25) is 4.90 Å². The van der Waals surface area contributed by atoms with Crippen molar-refractivity contribution in [3.05, 3.63) is 41.5 Å². The smallest absolute Gasteiger partial charge is 0.0140 e. The summed E-state index contributed by atoms with van der Waals surface area (Å²) in [5.41, 5.74) is 4.36. The second kappa shape index (κ2) is 7.98. The van der Waals surface area contributed by atoms with Gasteiger partial charge in [-0.1, -0.05) is 30.9 Å². The molecule has 0 spiro atoms. The van der Waals surface area contributed by atoms with E-state index in [0.29, 0.717) is 0 Å². The molecule has 3 rings (SSSR count). The molecule has 0 amide bonds. The number of piperazine rings is 1. The van der Waals surface area contributed by atoms with Gasteiger partial charge in [-0.05, 0) is 43.0 Å². The summed E-state index contributed by atoms with van der Waals surface area (Å²) in [4.78, 5) is 5.13. The Morgan fingerprint density at radius 1 is 1.14 bits per heavy atom. The molecule has 1 atom stereocenters. The standard InChI is InChI=1S/C17H24N2.CH3Cl/c1-3-14-4-5-16-13-17(7-6-15(16)12-14)19-10-8-18(2)9-11-19;1-2/h3-5,12,17H,1,6-11,13H2,2H3;1H3. The van der Waals surface area contributed by atoms with Gasteiger partial charge in [-0.2, -0.15) is 0 Å². The highest BCUT2D eigenvalue weighted by Crippen LogP contribution is 2.26. The van der Waals surface area contributed by atoms with Crippen LogP contribution in [0.2, 0.25) is 0 Å². The minimum Gasteiger partial charge on any atom is -0.304 e. The lowest BCUT2D eigenvalue weighted by atomic mass is 9.86. The van der Waals surface area contributed by atoms with Crippen LogP contribution in [0.5, 0.6) is 0 Å². The molecular weight excluding hydrogens is 280 g/mol. The highest BCUT2D eigenvalue weighted by molar-refractivity contribution is 6.15. The number of halogens is 1. The summed E-state index contributed by atoms with van der Waals surface area (Å²) < 4.78 is 0. The van der Waals surface area contributed by atoms with Crippen molar-refractivity contribution in [2.45, 2.75) is 25.3 Å². The van der Waals surface area contributed by atoms with Crippen LogP contribution in [0, 0.1) is 0 Å². The molecule has 116 valence electrons. The van der Waals surface area contributed by atoms with Crippen LogP contribution in [0.25, 0.3) is 6.08 Å². The highest BCUT2D eigenvalue weighted by Gasteiger charge is 2.26. The third kappa shape index (κ3) is 4.09. The number of hydrogen-bond acceptors (Lipinski definition) is 2. The summed E-state index contributed by atoms with van der Waals surface area (Å²) in [6.07, 6.45) is 7.20. The van der Waals surface area contributed by atoms with E-state index in [1.54, 1.807) is 11.1 Å². The first-order valence-corrected chi connectivity index (χ1v) is 8.56. The Morgan fingerprint density at radius 2 is 1.86 bits per heavy atom. The molecule has 1 aliphatic heterocycles. The third-order valence-corrected chi connectivity index (χ3v) is 4.72. The van der Waals surface area contributed by atoms with Gasteiger partial charge in [0.2, 0.25) is 0 Å². The maximum Gasteiger partial charge on any atom is 0.0140 e. The summed E-state index contributed by atoms with van der Waals surface area (Å²) in [5.74, 6) is 0. The summed E-state index contributed by atoms with van der Waals surface area (Å²) in [7, 11) is 2.23. The van der Waals surface area contributed by atoms with Gasteiger partial charge in [0.25, 0.3) is 0 Å². The molecular formula is C18H27ClN2. The Bertz CT molecular complexity index is 464. The molecule has 0 N–H and O–H groups in total. The van der Waals surface area contributed by atoms with E-state index >= 15 is 0 Å². The molecule has 0 saturated carbocycles. The molecule has 0 radical (unpaired) electrons. The molecule has 0 aromatic heterocycles. The number of aryl methyl sites for hydroxylation is 1. The fraction of sp³-hybridized carbons (Fsp3) is 0.556. The normalized spacial score (nSPS) is 22.9. The van der Waals surface area contributed by atoms with Crippen LogP contribution in [-0.4, -0.2) is 55.5 Å². The van der Waals surface area contributed by atoms with Crippen LogP contribution in [-0.2, 0) is 12.8 Å². The summed E-state index contributed by atoms with van der Waals surface area (Å²) in [5, 5.41) is 0. The molecule has 1 aliphatic carbocycles. The minimum atomic E-state index is 0.760. The van der Waals surface area contributed by atoms with Gasteiger partial charge in [0, 0.05) is 38.6 Å². The average molecular weight is 307 g/mol. The fourth-order valence-electron chi connectivity index (χ4n) is 3.38. The molecule has 1 aromatic carbocycles. The number of alkyl halides is 1. The van der Waals surface area contributed by atoms with Gasteiger partial charge >= 0.3 is 0 Å². The van der Waals surface area contributed by atoms with Crippen molar-refractivity contribution in [2.24, 2.45) is 0 Å². The predicted molar refractivity (Wildman–Crippen MR) is 93.2 cm³/mol. The maximum absolute atomic E-state index is 4.64. The number of fused-ring (bicyclic) bond motifs is 1. The van der Waals surface area contributed by atoms with Crippen molar-refractivity contribution in [3.8, 4) is 0 Å². The van der Waals surface area contributed by atoms with E-state index in [0.717, 1.165) is 6.04 Å². The summed E-state index contributed by atoms with van der Waals surface area (Å²) >= 11 is 4.64. The van der Waals surface area contributed by atoms with Gasteiger partial charge in [0.15, 0.2) is 0 Å². The Hall–Kier alpha value is -0.830. The second-order valence-corrected chi connectivity index (χ2v) is 5.97. The first-order chi connectivity index (χ1) is 10.3. The van der Waals surface area contributed by atoms with Crippen LogP contribution < -0.4 is 0 Å². The molecule has 21 heavy (non-hydrogen) atoms. The van der Waals surface area contributed by atoms with Crippen LogP contribution in [0.15, 0.2) is 24.8 Å². The van der Waals surface area contributed by atoms with E-state index in [1.807, 2.05) is 6.08 Å². The van der Waals surface area contributed by atoms with E-state index in [2.05, 4.69) is 53.2 Å². The van der Waals surface area contributed by atoms with Gasteiger partial charge in [-0.25, -0.2) is 0 Å². The second-order valence-electron chi connectivity index (χ2n) is 5.97. The Morgan fingerprint density at radius 3 is 2.52 bits per heavy atom. The SMILES string of the molecule is C=Cc1ccc2c(c1)CCC(N1CCN(C)CC1)C2.CCl. The van der Waals surface area contributed by atoms with Gasteiger partial charge in [-0.15, -0.1) is 11.6 Å². The predicted octanol–water partition coefficient (Wildman–Crippen LogP) is 3.29. The van der Waals surface area contributed by atoms with Crippen LogP contribution in [0.3, 0.4) is 0 Å². The summed E-state index contributed by atoms with van der Waals surface area (Å²) in [6, 6.07) is 7.60. The Balaban J connectivity index is 0.000000774. The number of rotatable bonds is 2. The lowest BCUT2D eigenvalue weighted by Gasteiger charge is -2.40. The van der Waals surface area contributed by atoms with Crippen molar-refractivity contribution in [1.29, 1.82) is 0 Å². The molecule has 1 aromatic rings. The quantitative estimate of drug-likeness (QED) is 0.774. The Labute approximate surface area is 134 Å². The summed E-state index contributed by atoms with van der Waals surface area (Å²) in [6.45, 7) is 8.78. The van der Waals surface area contributed by atoms with Crippen molar-refractivity contribution >= 4 is 17.7 Å². The first-order valence-electron chi connectivity index (χ1n) is 7.81. The third-order valence-electron chi connectivity index (χ3n) is 4.72. The zero-order chi connectivity index (χ0) is 15.2. The van der Waals surface area contributed by atoms with Crippen molar-refractivity contribution in [3.63, 3.8) is 0 Å². The van der Waals surface area contributed by atoms with Crippen LogP contribution in [0.4, 0.5) is 0 Å². The largest absolute Gasteiger partial charge is 0.304 e. The number of nitrogens with zero attached hydrogens (tertiary/aromatic N) is 2. The van der Waals surface area contributed by atoms with Crippen molar-refractivity contribution < 1.29 is 0 Å². The first kappa shape index (κ1) is 16.5. The number of benzene rings is 1. The molecule has 1 heterocycles. The number of hydrogen-bond donors (Lipinski definition) is 0. The number of likely N-dealkylation sites (N-methyl/N-ethyl adjacent to an activating group) is 1. The maximum atomic E-state index is 4.64. The van der Waals surface area contributed by atoms with Crippen molar-refractivity contribution in [2.75, 3.05) is 39.6 Å². The van der Waals surface area contributed by atoms with Gasteiger partial charge in [0.1, 0.15) is 0 Å². The van der Waals surface area contributed by atoms with E-state index in [4.69, 9.17) is 0 Å². The van der Waals surface area contributed by atoms with E-state index in [1.165, 1.54) is 57.4 Å². The monoisotopic (exact) mass is 306 g/mol. The lowest BCUT2D eigenvalue weighted by Crippen LogP contribution is -2.50. The average Bonchev–Trinajstić information content (AvgIpc) is 2.56. The molecule has 1 unspecified atom stereocenters. The highest BCUT2D eigenvalue weighted by atomic mass is 35.5. The molecule has 3 heteroatoms. The van der Waals surface area contributed by atoms with Crippen LogP contribution >= 0.6 is 11.6 Å². The van der Waals surface area contributed by atoms with E-state index in [9.17, 15) is 0 Å². The van der Waals surface area contributed by atoms with Gasteiger partial charge < -0.3 is 4.90 Å². The van der Waals surface area contributed by atoms with Crippen molar-refractivity contribution in [1.82, 2.24) is 9.80 Å². The zero-order valence-corrected chi connectivity index (χ0v) is 14.1. The van der Waals surface area contributed by atoms with E-state index < -0.39 is 0 Å². The van der Waals surface area contributed by atoms with E-state index in [-0.39, 0.29) is 0 Å². The molecule has 1 fully saturated rings. The Kier molecular flexibility index (Phi) is 6.28. The molecule has 0 bridgehead atoms. The topological polar surface area (TPSA) is 6.48 Å². The molecule has 2 nitrogen and oxygen atoms in total. The van der Waals surface area contributed by atoms with Gasteiger partial charge in [0.05, 0.1) is 0 Å². The fourth-order valence-corrected chi connectivity index (χ4v) is 3.38. The van der Waals surface area contributed by atoms with Crippen LogP contribution in [0.1, 0.15) is 23.1 Å². The molecule has 1 saturated heterocycles. The minimum absolute atomic E-state index is 0.760.